The summed E-state index contributed by atoms with van der Waals surface area (Å²) in [4.78, 5) is 11.9. The van der Waals surface area contributed by atoms with Crippen molar-refractivity contribution in [3.8, 4) is 17.2 Å². The lowest BCUT2D eigenvalue weighted by Crippen LogP contribution is -2.11. The molecule has 5 nitrogen and oxygen atoms in total. The van der Waals surface area contributed by atoms with E-state index in [-0.39, 0.29) is 17.1 Å². The van der Waals surface area contributed by atoms with Gasteiger partial charge >= 0.3 is 0 Å². The van der Waals surface area contributed by atoms with Crippen LogP contribution in [0.3, 0.4) is 0 Å². The molecule has 104 valence electrons. The molecular formula is C14H12FNO4. The maximum atomic E-state index is 13.2. The van der Waals surface area contributed by atoms with Gasteiger partial charge < -0.3 is 20.3 Å². The number of benzene rings is 2. The van der Waals surface area contributed by atoms with Crippen molar-refractivity contribution in [2.24, 2.45) is 0 Å². The standard InChI is InChI=1S/C14H12FNO4/c1-20-13-7-9(3-4-10(13)15)16-14(19)8-2-5-11(17)12(18)6-8/h2-7,17-18H,1H3,(H,16,19). The number of ether oxygens (including phenoxy) is 1. The van der Waals surface area contributed by atoms with Gasteiger partial charge in [-0.15, -0.1) is 0 Å². The summed E-state index contributed by atoms with van der Waals surface area (Å²) in [7, 11) is 1.32. The quantitative estimate of drug-likeness (QED) is 0.753. The van der Waals surface area contributed by atoms with Crippen LogP contribution >= 0.6 is 0 Å². The van der Waals surface area contributed by atoms with Gasteiger partial charge in [-0.2, -0.15) is 0 Å². The Kier molecular flexibility index (Phi) is 3.74. The fourth-order valence-corrected chi connectivity index (χ4v) is 1.61. The fraction of sp³-hybridized carbons (Fsp3) is 0.0714. The van der Waals surface area contributed by atoms with Crippen molar-refractivity contribution in [1.82, 2.24) is 0 Å². The molecule has 0 spiro atoms. The van der Waals surface area contributed by atoms with Crippen molar-refractivity contribution in [1.29, 1.82) is 0 Å². The smallest absolute Gasteiger partial charge is 0.255 e. The molecule has 2 aromatic rings. The van der Waals surface area contributed by atoms with E-state index in [0.717, 1.165) is 6.07 Å². The molecule has 20 heavy (non-hydrogen) atoms. The van der Waals surface area contributed by atoms with Gasteiger partial charge in [0.15, 0.2) is 23.1 Å². The van der Waals surface area contributed by atoms with E-state index in [2.05, 4.69) is 5.32 Å². The number of carbonyl (C=O) groups is 1. The van der Waals surface area contributed by atoms with E-state index in [1.165, 1.54) is 37.4 Å². The first-order valence-corrected chi connectivity index (χ1v) is 5.68. The SMILES string of the molecule is COc1cc(NC(=O)c2ccc(O)c(O)c2)ccc1F. The maximum Gasteiger partial charge on any atom is 0.255 e. The van der Waals surface area contributed by atoms with Crippen molar-refractivity contribution in [3.63, 3.8) is 0 Å². The summed E-state index contributed by atoms with van der Waals surface area (Å²) in [5.74, 6) is -1.74. The lowest BCUT2D eigenvalue weighted by Gasteiger charge is -2.08. The van der Waals surface area contributed by atoms with Crippen LogP contribution in [0.5, 0.6) is 17.2 Å². The minimum Gasteiger partial charge on any atom is -0.504 e. The molecule has 0 bridgehead atoms. The van der Waals surface area contributed by atoms with E-state index < -0.39 is 17.5 Å². The number of rotatable bonds is 3. The first-order chi connectivity index (χ1) is 9.51. The summed E-state index contributed by atoms with van der Waals surface area (Å²) in [5.41, 5.74) is 0.504. The van der Waals surface area contributed by atoms with E-state index >= 15 is 0 Å². The highest BCUT2D eigenvalue weighted by Crippen LogP contribution is 2.26. The molecule has 0 unspecified atom stereocenters. The predicted octanol–water partition coefficient (Wildman–Crippen LogP) is 2.50. The largest absolute Gasteiger partial charge is 0.504 e. The molecule has 2 aromatic carbocycles. The van der Waals surface area contributed by atoms with Gasteiger partial charge in [0.25, 0.3) is 5.91 Å². The fourth-order valence-electron chi connectivity index (χ4n) is 1.61. The Labute approximate surface area is 114 Å². The van der Waals surface area contributed by atoms with Gasteiger partial charge in [-0.1, -0.05) is 0 Å². The molecule has 0 aliphatic carbocycles. The number of hydrogen-bond acceptors (Lipinski definition) is 4. The zero-order valence-corrected chi connectivity index (χ0v) is 10.6. The Morgan fingerprint density at radius 3 is 2.55 bits per heavy atom. The maximum absolute atomic E-state index is 13.2. The summed E-state index contributed by atoms with van der Waals surface area (Å²) in [6.07, 6.45) is 0. The number of anilines is 1. The number of carbonyl (C=O) groups excluding carboxylic acids is 1. The first kappa shape index (κ1) is 13.7. The van der Waals surface area contributed by atoms with E-state index in [9.17, 15) is 19.4 Å². The van der Waals surface area contributed by atoms with Gasteiger partial charge in [0, 0.05) is 17.3 Å². The van der Waals surface area contributed by atoms with Crippen LogP contribution in [0.25, 0.3) is 0 Å². The Morgan fingerprint density at radius 2 is 1.90 bits per heavy atom. The van der Waals surface area contributed by atoms with E-state index in [1.807, 2.05) is 0 Å². The van der Waals surface area contributed by atoms with Crippen molar-refractivity contribution >= 4 is 11.6 Å². The third-order valence-corrected chi connectivity index (χ3v) is 2.65. The minimum atomic E-state index is -0.534. The van der Waals surface area contributed by atoms with Crippen LogP contribution in [0.15, 0.2) is 36.4 Å². The second kappa shape index (κ2) is 5.48. The van der Waals surface area contributed by atoms with Crippen LogP contribution in [0.1, 0.15) is 10.4 Å². The van der Waals surface area contributed by atoms with Crippen LogP contribution in [0.2, 0.25) is 0 Å². The van der Waals surface area contributed by atoms with Crippen LogP contribution in [-0.2, 0) is 0 Å². The zero-order valence-electron chi connectivity index (χ0n) is 10.6. The minimum absolute atomic E-state index is 0.0105. The summed E-state index contributed by atoms with van der Waals surface area (Å²) < 4.78 is 18.0. The molecule has 0 aliphatic rings. The monoisotopic (exact) mass is 277 g/mol. The second-order valence-electron chi connectivity index (χ2n) is 4.01. The summed E-state index contributed by atoms with van der Waals surface area (Å²) >= 11 is 0. The number of phenols is 2. The molecule has 3 N–H and O–H groups in total. The predicted molar refractivity (Wildman–Crippen MR) is 70.7 cm³/mol. The zero-order chi connectivity index (χ0) is 14.7. The number of hydrogen-bond donors (Lipinski definition) is 3. The highest BCUT2D eigenvalue weighted by Gasteiger charge is 2.10. The first-order valence-electron chi connectivity index (χ1n) is 5.68. The van der Waals surface area contributed by atoms with Gasteiger partial charge in [0.2, 0.25) is 0 Å². The van der Waals surface area contributed by atoms with Gasteiger partial charge in [-0.3, -0.25) is 4.79 Å². The highest BCUT2D eigenvalue weighted by molar-refractivity contribution is 6.04. The molecule has 0 heterocycles. The molecule has 0 atom stereocenters. The molecule has 0 aliphatic heterocycles. The molecular weight excluding hydrogens is 265 g/mol. The Balaban J connectivity index is 2.21. The molecule has 6 heteroatoms. The van der Waals surface area contributed by atoms with E-state index in [4.69, 9.17) is 4.74 Å². The molecule has 1 amide bonds. The van der Waals surface area contributed by atoms with E-state index in [0.29, 0.717) is 5.69 Å². The van der Waals surface area contributed by atoms with Crippen LogP contribution in [-0.4, -0.2) is 23.2 Å². The molecule has 0 saturated heterocycles. The third kappa shape index (κ3) is 2.80. The summed E-state index contributed by atoms with van der Waals surface area (Å²) in [5, 5.41) is 21.0. The number of aromatic hydroxyl groups is 2. The number of halogens is 1. The molecule has 0 fully saturated rings. The summed E-state index contributed by atoms with van der Waals surface area (Å²) in [6, 6.07) is 7.58. The van der Waals surface area contributed by atoms with Crippen LogP contribution in [0, 0.1) is 5.82 Å². The average molecular weight is 277 g/mol. The second-order valence-corrected chi connectivity index (χ2v) is 4.01. The van der Waals surface area contributed by atoms with Crippen molar-refractivity contribution < 1.29 is 24.1 Å². The lowest BCUT2D eigenvalue weighted by molar-refractivity contribution is 0.102. The number of methoxy groups -OCH3 is 1. The molecule has 0 aromatic heterocycles. The van der Waals surface area contributed by atoms with Gasteiger partial charge in [0.05, 0.1) is 7.11 Å². The van der Waals surface area contributed by atoms with Crippen molar-refractivity contribution in [3.05, 3.63) is 47.8 Å². The number of nitrogens with one attached hydrogen (secondary N) is 1. The lowest BCUT2D eigenvalue weighted by atomic mass is 10.2. The van der Waals surface area contributed by atoms with Crippen LogP contribution < -0.4 is 10.1 Å². The highest BCUT2D eigenvalue weighted by atomic mass is 19.1. The third-order valence-electron chi connectivity index (χ3n) is 2.65. The average Bonchev–Trinajstić information content (AvgIpc) is 2.43. The molecule has 0 radical (unpaired) electrons. The van der Waals surface area contributed by atoms with Gasteiger partial charge in [0.1, 0.15) is 0 Å². The topological polar surface area (TPSA) is 78.8 Å². The summed E-state index contributed by atoms with van der Waals surface area (Å²) in [6.45, 7) is 0. The number of phenolic OH excluding ortho intramolecular Hbond substituents is 2. The Hall–Kier alpha value is -2.76. The Morgan fingerprint density at radius 1 is 1.15 bits per heavy atom. The molecule has 2 rings (SSSR count). The Bertz CT molecular complexity index is 658. The van der Waals surface area contributed by atoms with Crippen LogP contribution in [0.4, 0.5) is 10.1 Å². The normalized spacial score (nSPS) is 10.1. The van der Waals surface area contributed by atoms with Gasteiger partial charge in [-0.05, 0) is 30.3 Å². The van der Waals surface area contributed by atoms with Gasteiger partial charge in [-0.25, -0.2) is 4.39 Å². The van der Waals surface area contributed by atoms with E-state index in [1.54, 1.807) is 0 Å². The molecule has 0 saturated carbocycles. The van der Waals surface area contributed by atoms with Crippen molar-refractivity contribution in [2.75, 3.05) is 12.4 Å². The number of amides is 1. The van der Waals surface area contributed by atoms with Crippen molar-refractivity contribution in [2.45, 2.75) is 0 Å².